The predicted octanol–water partition coefficient (Wildman–Crippen LogP) is 2.25. The summed E-state index contributed by atoms with van der Waals surface area (Å²) in [6, 6.07) is 9.30. The zero-order valence-corrected chi connectivity index (χ0v) is 12.4. The summed E-state index contributed by atoms with van der Waals surface area (Å²) < 4.78 is 31.3. The Balaban J connectivity index is 2.60. The van der Waals surface area contributed by atoms with Crippen LogP contribution < -0.4 is 4.72 Å². The fourth-order valence-electron chi connectivity index (χ4n) is 1.57. The highest BCUT2D eigenvalue weighted by atomic mass is 32.2. The van der Waals surface area contributed by atoms with Gasteiger partial charge in [0.2, 0.25) is 10.0 Å². The third-order valence-electron chi connectivity index (χ3n) is 2.77. The number of hydrogen-bond acceptors (Lipinski definition) is 3. The van der Waals surface area contributed by atoms with Gasteiger partial charge in [0.1, 0.15) is 0 Å². The van der Waals surface area contributed by atoms with Gasteiger partial charge in [0, 0.05) is 19.1 Å². The van der Waals surface area contributed by atoms with Crippen molar-refractivity contribution in [3.8, 4) is 0 Å². The first-order chi connectivity index (χ1) is 8.94. The van der Waals surface area contributed by atoms with Gasteiger partial charge in [-0.15, -0.1) is 0 Å². The highest BCUT2D eigenvalue weighted by Crippen LogP contribution is 2.06. The van der Waals surface area contributed by atoms with Crippen molar-refractivity contribution in [1.82, 2.24) is 4.72 Å². The van der Waals surface area contributed by atoms with Crippen LogP contribution in [-0.4, -0.2) is 28.2 Å². The molecule has 1 aromatic carbocycles. The molecule has 106 valence electrons. The molecule has 0 spiro atoms. The second-order valence-electron chi connectivity index (χ2n) is 4.63. The molecule has 0 aliphatic heterocycles. The largest absolute Gasteiger partial charge is 0.380 e. The lowest BCUT2D eigenvalue weighted by atomic mass is 10.1. The van der Waals surface area contributed by atoms with E-state index >= 15 is 0 Å². The standard InChI is InChI=1S/C14H21NO3S/c1-12(2)14(18-3)11-15-19(16,17)10-9-13-7-5-4-6-8-13/h4-10,12,14-15H,11H2,1-3H3. The predicted molar refractivity (Wildman–Crippen MR) is 78.0 cm³/mol. The number of rotatable bonds is 7. The molecular formula is C14H21NO3S. The Morgan fingerprint density at radius 2 is 1.89 bits per heavy atom. The zero-order valence-electron chi connectivity index (χ0n) is 11.5. The van der Waals surface area contributed by atoms with Gasteiger partial charge in [-0.2, -0.15) is 0 Å². The van der Waals surface area contributed by atoms with E-state index in [4.69, 9.17) is 4.74 Å². The number of ether oxygens (including phenoxy) is 1. The number of methoxy groups -OCH3 is 1. The molecule has 5 heteroatoms. The molecule has 19 heavy (non-hydrogen) atoms. The molecule has 0 aromatic heterocycles. The molecule has 0 aliphatic rings. The molecule has 0 radical (unpaired) electrons. The first-order valence-corrected chi connectivity index (χ1v) is 7.75. The third-order valence-corrected chi connectivity index (χ3v) is 3.83. The first kappa shape index (κ1) is 15.9. The van der Waals surface area contributed by atoms with Gasteiger partial charge in [0.15, 0.2) is 0 Å². The van der Waals surface area contributed by atoms with E-state index in [1.165, 1.54) is 5.41 Å². The molecule has 1 N–H and O–H groups in total. The summed E-state index contributed by atoms with van der Waals surface area (Å²) in [5.41, 5.74) is 0.847. The van der Waals surface area contributed by atoms with E-state index in [0.717, 1.165) is 5.56 Å². The molecule has 1 atom stereocenters. The highest BCUT2D eigenvalue weighted by Gasteiger charge is 2.15. The minimum Gasteiger partial charge on any atom is -0.380 e. The van der Waals surface area contributed by atoms with E-state index in [1.807, 2.05) is 44.2 Å². The maximum atomic E-state index is 11.8. The Labute approximate surface area is 115 Å². The second kappa shape index (κ2) is 7.43. The minimum absolute atomic E-state index is 0.125. The topological polar surface area (TPSA) is 55.4 Å². The van der Waals surface area contributed by atoms with E-state index in [0.29, 0.717) is 0 Å². The summed E-state index contributed by atoms with van der Waals surface area (Å²) >= 11 is 0. The molecule has 0 aliphatic carbocycles. The van der Waals surface area contributed by atoms with Crippen LogP contribution >= 0.6 is 0 Å². The molecule has 1 unspecified atom stereocenters. The molecule has 4 nitrogen and oxygen atoms in total. The van der Waals surface area contributed by atoms with Gasteiger partial charge in [0.25, 0.3) is 0 Å². The average Bonchev–Trinajstić information content (AvgIpc) is 2.38. The lowest BCUT2D eigenvalue weighted by molar-refractivity contribution is 0.0692. The lowest BCUT2D eigenvalue weighted by Crippen LogP contribution is -2.35. The number of hydrogen-bond donors (Lipinski definition) is 1. The Morgan fingerprint density at radius 3 is 2.42 bits per heavy atom. The van der Waals surface area contributed by atoms with Crippen LogP contribution in [0.2, 0.25) is 0 Å². The maximum Gasteiger partial charge on any atom is 0.233 e. The number of sulfonamides is 1. The second-order valence-corrected chi connectivity index (χ2v) is 6.28. The zero-order chi connectivity index (χ0) is 14.3. The van der Waals surface area contributed by atoms with E-state index < -0.39 is 10.0 Å². The molecule has 0 bridgehead atoms. The minimum atomic E-state index is -3.43. The third kappa shape index (κ3) is 6.00. The van der Waals surface area contributed by atoms with Crippen molar-refractivity contribution < 1.29 is 13.2 Å². The van der Waals surface area contributed by atoms with Gasteiger partial charge in [-0.1, -0.05) is 44.2 Å². The van der Waals surface area contributed by atoms with Gasteiger partial charge in [-0.25, -0.2) is 13.1 Å². The van der Waals surface area contributed by atoms with Crippen LogP contribution in [0.4, 0.5) is 0 Å². The molecule has 0 saturated carbocycles. The normalized spacial score (nSPS) is 14.1. The lowest BCUT2D eigenvalue weighted by Gasteiger charge is -2.18. The fourth-order valence-corrected chi connectivity index (χ4v) is 2.40. The molecule has 0 amide bonds. The van der Waals surface area contributed by atoms with Crippen LogP contribution in [0.5, 0.6) is 0 Å². The first-order valence-electron chi connectivity index (χ1n) is 6.20. The summed E-state index contributed by atoms with van der Waals surface area (Å²) in [4.78, 5) is 0. The maximum absolute atomic E-state index is 11.8. The summed E-state index contributed by atoms with van der Waals surface area (Å²) in [7, 11) is -1.85. The summed E-state index contributed by atoms with van der Waals surface area (Å²) in [5, 5.41) is 1.18. The van der Waals surface area contributed by atoms with Gasteiger partial charge in [-0.3, -0.25) is 0 Å². The highest BCUT2D eigenvalue weighted by molar-refractivity contribution is 7.92. The molecular weight excluding hydrogens is 262 g/mol. The van der Waals surface area contributed by atoms with E-state index in [-0.39, 0.29) is 18.6 Å². The van der Waals surface area contributed by atoms with Crippen molar-refractivity contribution in [1.29, 1.82) is 0 Å². The van der Waals surface area contributed by atoms with E-state index in [9.17, 15) is 8.42 Å². The SMILES string of the molecule is COC(CNS(=O)(=O)C=Cc1ccccc1)C(C)C. The fraction of sp³-hybridized carbons (Fsp3) is 0.429. The summed E-state index contributed by atoms with van der Waals surface area (Å²) in [6.45, 7) is 4.25. The smallest absolute Gasteiger partial charge is 0.233 e. The molecule has 0 fully saturated rings. The van der Waals surface area contributed by atoms with Gasteiger partial charge in [-0.05, 0) is 17.6 Å². The van der Waals surface area contributed by atoms with Crippen LogP contribution in [0.1, 0.15) is 19.4 Å². The van der Waals surface area contributed by atoms with Crippen molar-refractivity contribution in [2.75, 3.05) is 13.7 Å². The van der Waals surface area contributed by atoms with Crippen molar-refractivity contribution >= 4 is 16.1 Å². The van der Waals surface area contributed by atoms with Crippen LogP contribution in [0.25, 0.3) is 6.08 Å². The van der Waals surface area contributed by atoms with Crippen LogP contribution in [0.3, 0.4) is 0 Å². The Morgan fingerprint density at radius 1 is 1.26 bits per heavy atom. The monoisotopic (exact) mass is 283 g/mol. The van der Waals surface area contributed by atoms with Crippen LogP contribution in [0, 0.1) is 5.92 Å². The van der Waals surface area contributed by atoms with Gasteiger partial charge >= 0.3 is 0 Å². The Hall–Kier alpha value is -1.17. The molecule has 0 saturated heterocycles. The van der Waals surface area contributed by atoms with Crippen molar-refractivity contribution in [3.05, 3.63) is 41.3 Å². The van der Waals surface area contributed by atoms with Crippen molar-refractivity contribution in [2.24, 2.45) is 5.92 Å². The van der Waals surface area contributed by atoms with Crippen molar-refractivity contribution in [2.45, 2.75) is 20.0 Å². The average molecular weight is 283 g/mol. The summed E-state index contributed by atoms with van der Waals surface area (Å²) in [6.07, 6.45) is 1.44. The molecule has 1 aromatic rings. The summed E-state index contributed by atoms with van der Waals surface area (Å²) in [5.74, 6) is 0.255. The molecule has 1 rings (SSSR count). The number of nitrogens with one attached hydrogen (secondary N) is 1. The van der Waals surface area contributed by atoms with Crippen molar-refractivity contribution in [3.63, 3.8) is 0 Å². The van der Waals surface area contributed by atoms with E-state index in [1.54, 1.807) is 13.2 Å². The molecule has 0 heterocycles. The van der Waals surface area contributed by atoms with Crippen LogP contribution in [-0.2, 0) is 14.8 Å². The Kier molecular flexibility index (Phi) is 6.21. The number of benzene rings is 1. The Bertz CT molecular complexity index is 495. The van der Waals surface area contributed by atoms with Gasteiger partial charge < -0.3 is 4.74 Å². The van der Waals surface area contributed by atoms with Crippen LogP contribution in [0.15, 0.2) is 35.7 Å². The quantitative estimate of drug-likeness (QED) is 0.835. The van der Waals surface area contributed by atoms with E-state index in [2.05, 4.69) is 4.72 Å². The van der Waals surface area contributed by atoms with Gasteiger partial charge in [0.05, 0.1) is 6.10 Å².